The number of benzene rings is 1. The van der Waals surface area contributed by atoms with E-state index < -0.39 is 22.1 Å². The SMILES string of the molecule is Cn1cnc2cccc(OCC(O)CNC(C)(C)CNC(=O)C(C)(C)CO[N+](=O)[O-])c21. The average molecular weight is 437 g/mol. The zero-order chi connectivity index (χ0) is 23.2. The smallest absolute Gasteiger partial charge is 0.294 e. The fourth-order valence-electron chi connectivity index (χ4n) is 2.81. The molecular formula is C20H31N5O6. The van der Waals surface area contributed by atoms with Gasteiger partial charge in [0.05, 0.1) is 17.3 Å². The molecule has 0 fully saturated rings. The zero-order valence-corrected chi connectivity index (χ0v) is 18.5. The number of hydrogen-bond donors (Lipinski definition) is 3. The number of hydrogen-bond acceptors (Lipinski definition) is 8. The maximum absolute atomic E-state index is 12.3. The predicted molar refractivity (Wildman–Crippen MR) is 114 cm³/mol. The van der Waals surface area contributed by atoms with Crippen LogP contribution in [0.4, 0.5) is 0 Å². The van der Waals surface area contributed by atoms with Gasteiger partial charge >= 0.3 is 0 Å². The molecule has 0 radical (unpaired) electrons. The molecule has 3 N–H and O–H groups in total. The summed E-state index contributed by atoms with van der Waals surface area (Å²) >= 11 is 0. The molecule has 2 aromatic rings. The third-order valence-corrected chi connectivity index (χ3v) is 4.78. The lowest BCUT2D eigenvalue weighted by atomic mass is 9.93. The van der Waals surface area contributed by atoms with E-state index in [9.17, 15) is 20.0 Å². The molecule has 11 heteroatoms. The van der Waals surface area contributed by atoms with Gasteiger partial charge in [0.2, 0.25) is 5.91 Å². The first kappa shape index (κ1) is 24.4. The van der Waals surface area contributed by atoms with E-state index in [-0.39, 0.29) is 32.2 Å². The number of aryl methyl sites for hydroxylation is 1. The first-order valence-corrected chi connectivity index (χ1v) is 9.93. The minimum Gasteiger partial charge on any atom is -0.489 e. The van der Waals surface area contributed by atoms with Gasteiger partial charge in [-0.25, -0.2) is 4.98 Å². The van der Waals surface area contributed by atoms with Crippen LogP contribution in [0.1, 0.15) is 27.7 Å². The Bertz CT molecular complexity index is 911. The lowest BCUT2D eigenvalue weighted by Crippen LogP contribution is -2.53. The number of ether oxygens (including phenoxy) is 1. The van der Waals surface area contributed by atoms with Crippen LogP contribution in [0.5, 0.6) is 5.75 Å². The number of aliphatic hydroxyl groups excluding tert-OH is 1. The predicted octanol–water partition coefficient (Wildman–Crippen LogP) is 1.03. The van der Waals surface area contributed by atoms with Crippen LogP contribution in [-0.4, -0.2) is 63.6 Å². The highest BCUT2D eigenvalue weighted by Crippen LogP contribution is 2.24. The fourth-order valence-corrected chi connectivity index (χ4v) is 2.81. The molecule has 1 atom stereocenters. The molecule has 2 rings (SSSR count). The molecule has 1 aromatic heterocycles. The van der Waals surface area contributed by atoms with Gasteiger partial charge in [0.25, 0.3) is 5.09 Å². The Hall–Kier alpha value is -2.92. The summed E-state index contributed by atoms with van der Waals surface area (Å²) in [5, 5.41) is 25.7. The van der Waals surface area contributed by atoms with E-state index in [4.69, 9.17) is 4.74 Å². The number of β-amino-alcohol motifs (C(OH)–C–C–N with tert-alkyl or cyclic N) is 1. The van der Waals surface area contributed by atoms with Crippen molar-refractivity contribution >= 4 is 16.9 Å². The molecule has 0 bridgehead atoms. The molecule has 0 aliphatic heterocycles. The van der Waals surface area contributed by atoms with Crippen molar-refractivity contribution in [3.05, 3.63) is 34.6 Å². The Kier molecular flexibility index (Phi) is 7.80. The van der Waals surface area contributed by atoms with Crippen LogP contribution in [0.2, 0.25) is 0 Å². The molecule has 31 heavy (non-hydrogen) atoms. The van der Waals surface area contributed by atoms with E-state index in [0.717, 1.165) is 11.0 Å². The lowest BCUT2D eigenvalue weighted by Gasteiger charge is -2.30. The number of nitrogens with zero attached hydrogens (tertiary/aromatic N) is 3. The second-order valence-corrected chi connectivity index (χ2v) is 8.77. The molecular weight excluding hydrogens is 406 g/mol. The number of rotatable bonds is 12. The van der Waals surface area contributed by atoms with Gasteiger partial charge in [-0.1, -0.05) is 6.07 Å². The van der Waals surface area contributed by atoms with Gasteiger partial charge in [-0.2, -0.15) is 0 Å². The molecule has 0 saturated carbocycles. The van der Waals surface area contributed by atoms with E-state index in [1.165, 1.54) is 0 Å². The van der Waals surface area contributed by atoms with Gasteiger partial charge in [0, 0.05) is 25.7 Å². The lowest BCUT2D eigenvalue weighted by molar-refractivity contribution is -0.760. The molecule has 0 spiro atoms. The largest absolute Gasteiger partial charge is 0.489 e. The molecule has 1 heterocycles. The van der Waals surface area contributed by atoms with Crippen LogP contribution in [0.3, 0.4) is 0 Å². The zero-order valence-electron chi connectivity index (χ0n) is 18.5. The number of para-hydroxylation sites is 1. The molecule has 0 aliphatic rings. The number of imidazole rings is 1. The molecule has 172 valence electrons. The summed E-state index contributed by atoms with van der Waals surface area (Å²) in [6.07, 6.45) is 0.931. The van der Waals surface area contributed by atoms with Crippen LogP contribution in [0, 0.1) is 15.5 Å². The minimum atomic E-state index is -1.05. The van der Waals surface area contributed by atoms with Gasteiger partial charge in [-0.3, -0.25) is 4.79 Å². The summed E-state index contributed by atoms with van der Waals surface area (Å²) in [6.45, 7) is 7.14. The fraction of sp³-hybridized carbons (Fsp3) is 0.600. The van der Waals surface area contributed by atoms with Gasteiger partial charge in [-0.15, -0.1) is 10.1 Å². The van der Waals surface area contributed by atoms with Crippen LogP contribution in [0.15, 0.2) is 24.5 Å². The molecule has 1 unspecified atom stereocenters. The van der Waals surface area contributed by atoms with Crippen molar-refractivity contribution in [1.82, 2.24) is 20.2 Å². The van der Waals surface area contributed by atoms with Gasteiger partial charge in [-0.05, 0) is 39.8 Å². The summed E-state index contributed by atoms with van der Waals surface area (Å²) in [6, 6.07) is 5.56. The van der Waals surface area contributed by atoms with Crippen LogP contribution in [0.25, 0.3) is 11.0 Å². The van der Waals surface area contributed by atoms with E-state index in [2.05, 4.69) is 20.5 Å². The molecule has 0 saturated heterocycles. The molecule has 11 nitrogen and oxygen atoms in total. The number of amides is 1. The van der Waals surface area contributed by atoms with Crippen molar-refractivity contribution in [2.75, 3.05) is 26.3 Å². The topological polar surface area (TPSA) is 141 Å². The number of aromatic nitrogens is 2. The number of carbonyl (C=O) groups is 1. The third kappa shape index (κ3) is 7.07. The van der Waals surface area contributed by atoms with Crippen molar-refractivity contribution in [3.8, 4) is 5.75 Å². The highest BCUT2D eigenvalue weighted by atomic mass is 16.9. The Labute approximate surface area is 180 Å². The molecule has 1 amide bonds. The van der Waals surface area contributed by atoms with E-state index in [0.29, 0.717) is 5.75 Å². The van der Waals surface area contributed by atoms with Crippen molar-refractivity contribution in [2.24, 2.45) is 12.5 Å². The second-order valence-electron chi connectivity index (χ2n) is 8.77. The number of carbonyl (C=O) groups excluding carboxylic acids is 1. The van der Waals surface area contributed by atoms with Crippen LogP contribution in [-0.2, 0) is 16.7 Å². The number of fused-ring (bicyclic) bond motifs is 1. The Morgan fingerprint density at radius 1 is 1.35 bits per heavy atom. The van der Waals surface area contributed by atoms with E-state index >= 15 is 0 Å². The summed E-state index contributed by atoms with van der Waals surface area (Å²) in [5.41, 5.74) is 0.0904. The Morgan fingerprint density at radius 3 is 2.74 bits per heavy atom. The summed E-state index contributed by atoms with van der Waals surface area (Å²) < 4.78 is 7.65. The van der Waals surface area contributed by atoms with E-state index in [1.807, 2.05) is 43.7 Å². The third-order valence-electron chi connectivity index (χ3n) is 4.78. The Balaban J connectivity index is 1.79. The molecule has 0 aliphatic carbocycles. The van der Waals surface area contributed by atoms with Crippen molar-refractivity contribution in [1.29, 1.82) is 0 Å². The van der Waals surface area contributed by atoms with Crippen molar-refractivity contribution in [3.63, 3.8) is 0 Å². The number of aliphatic hydroxyl groups is 1. The van der Waals surface area contributed by atoms with Crippen LogP contribution < -0.4 is 15.4 Å². The van der Waals surface area contributed by atoms with Gasteiger partial charge in [0.1, 0.15) is 30.6 Å². The second kappa shape index (κ2) is 9.92. The first-order chi connectivity index (χ1) is 14.4. The summed E-state index contributed by atoms with van der Waals surface area (Å²) in [5.74, 6) is 0.277. The van der Waals surface area contributed by atoms with Gasteiger partial charge < -0.3 is 29.9 Å². The van der Waals surface area contributed by atoms with E-state index in [1.54, 1.807) is 20.2 Å². The summed E-state index contributed by atoms with van der Waals surface area (Å²) in [7, 11) is 1.88. The number of nitrogens with one attached hydrogen (secondary N) is 2. The highest BCUT2D eigenvalue weighted by molar-refractivity contribution is 5.82. The average Bonchev–Trinajstić information content (AvgIpc) is 3.09. The maximum Gasteiger partial charge on any atom is 0.294 e. The molecule has 1 aromatic carbocycles. The standard InChI is InChI=1S/C20H31N5O6/c1-19(2,12-31-25(28)29)18(27)21-11-20(3,4)23-9-14(26)10-30-16-8-6-7-15-17(16)24(5)13-22-15/h6-8,13-14,23,26H,9-12H2,1-5H3,(H,21,27). The van der Waals surface area contributed by atoms with Gasteiger partial charge in [0.15, 0.2) is 0 Å². The quantitative estimate of drug-likeness (QED) is 0.330. The normalized spacial score (nSPS) is 13.1. The summed E-state index contributed by atoms with van der Waals surface area (Å²) in [4.78, 5) is 31.3. The van der Waals surface area contributed by atoms with Crippen molar-refractivity contribution < 1.29 is 24.6 Å². The van der Waals surface area contributed by atoms with Crippen molar-refractivity contribution in [2.45, 2.75) is 39.3 Å². The monoisotopic (exact) mass is 437 g/mol. The Morgan fingerprint density at radius 2 is 2.06 bits per heavy atom. The minimum absolute atomic E-state index is 0.0883. The van der Waals surface area contributed by atoms with Crippen LogP contribution >= 0.6 is 0 Å². The first-order valence-electron chi connectivity index (χ1n) is 9.93. The highest BCUT2D eigenvalue weighted by Gasteiger charge is 2.30. The maximum atomic E-state index is 12.3.